The second-order valence-corrected chi connectivity index (χ2v) is 5.57. The first-order valence-corrected chi connectivity index (χ1v) is 7.52. The molecular weight excluding hydrogens is 310 g/mol. The minimum absolute atomic E-state index is 0.320. The molecule has 1 unspecified atom stereocenters. The zero-order valence-electron chi connectivity index (χ0n) is 12.2. The number of anilines is 1. The third kappa shape index (κ3) is 3.42. The number of aliphatic hydroxyl groups is 1. The minimum Gasteiger partial charge on any atom is -0.387 e. The van der Waals surface area contributed by atoms with Crippen LogP contribution in [-0.2, 0) is 0 Å². The molecule has 1 heterocycles. The highest BCUT2D eigenvalue weighted by Gasteiger charge is 2.10. The normalized spacial score (nSPS) is 11.9. The number of nitrogens with one attached hydrogen (secondary N) is 1. The number of hydrogen-bond acceptors (Lipinski definition) is 4. The summed E-state index contributed by atoms with van der Waals surface area (Å²) in [7, 11) is 0. The van der Waals surface area contributed by atoms with Gasteiger partial charge in [-0.25, -0.2) is 4.98 Å². The number of nitriles is 1. The molecule has 0 aliphatic rings. The van der Waals surface area contributed by atoms with Gasteiger partial charge in [0, 0.05) is 22.6 Å². The molecule has 0 fully saturated rings. The molecule has 0 aliphatic heterocycles. The lowest BCUT2D eigenvalue weighted by Crippen LogP contribution is -2.12. The van der Waals surface area contributed by atoms with Crippen LogP contribution in [0.2, 0.25) is 5.02 Å². The van der Waals surface area contributed by atoms with Crippen molar-refractivity contribution >= 4 is 28.2 Å². The van der Waals surface area contributed by atoms with Gasteiger partial charge < -0.3 is 10.4 Å². The SMILES string of the molecule is N#Cc1cc(NCC(O)c2ccc(Cl)cc2)c2ccccc2n1. The van der Waals surface area contributed by atoms with Gasteiger partial charge in [0.1, 0.15) is 11.8 Å². The quantitative estimate of drug-likeness (QED) is 0.764. The highest BCUT2D eigenvalue weighted by Crippen LogP contribution is 2.24. The van der Waals surface area contributed by atoms with Gasteiger partial charge in [0.25, 0.3) is 0 Å². The van der Waals surface area contributed by atoms with Crippen molar-refractivity contribution in [1.29, 1.82) is 5.26 Å². The molecule has 3 rings (SSSR count). The predicted molar refractivity (Wildman–Crippen MR) is 91.4 cm³/mol. The number of aliphatic hydroxyl groups excluding tert-OH is 1. The summed E-state index contributed by atoms with van der Waals surface area (Å²) in [6.07, 6.45) is -0.676. The Labute approximate surface area is 139 Å². The minimum atomic E-state index is -0.676. The Morgan fingerprint density at radius 1 is 1.17 bits per heavy atom. The number of hydrogen-bond donors (Lipinski definition) is 2. The number of nitrogens with zero attached hydrogens (tertiary/aromatic N) is 2. The number of aromatic nitrogens is 1. The molecule has 0 spiro atoms. The van der Waals surface area contributed by atoms with E-state index in [9.17, 15) is 5.11 Å². The summed E-state index contributed by atoms with van der Waals surface area (Å²) in [6, 6.07) is 18.4. The maximum absolute atomic E-state index is 10.3. The average Bonchev–Trinajstić information content (AvgIpc) is 2.59. The Bertz CT molecular complexity index is 872. The Kier molecular flexibility index (Phi) is 4.42. The maximum atomic E-state index is 10.3. The van der Waals surface area contributed by atoms with E-state index in [1.807, 2.05) is 24.3 Å². The number of benzene rings is 2. The molecule has 0 saturated carbocycles. The van der Waals surface area contributed by atoms with Crippen molar-refractivity contribution in [2.45, 2.75) is 6.10 Å². The largest absolute Gasteiger partial charge is 0.387 e. The average molecular weight is 324 g/mol. The van der Waals surface area contributed by atoms with E-state index in [2.05, 4.69) is 16.4 Å². The van der Waals surface area contributed by atoms with Crippen LogP contribution in [0.5, 0.6) is 0 Å². The molecule has 5 heteroatoms. The van der Waals surface area contributed by atoms with Crippen molar-refractivity contribution in [1.82, 2.24) is 4.98 Å². The molecule has 4 nitrogen and oxygen atoms in total. The standard InChI is InChI=1S/C18H14ClN3O/c19-13-7-5-12(6-8-13)18(23)11-21-17-9-14(10-20)22-16-4-2-1-3-15(16)17/h1-9,18,23H,11H2,(H,21,22). The Morgan fingerprint density at radius 2 is 1.91 bits per heavy atom. The van der Waals surface area contributed by atoms with Crippen molar-refractivity contribution in [3.05, 3.63) is 70.9 Å². The topological polar surface area (TPSA) is 68.9 Å². The summed E-state index contributed by atoms with van der Waals surface area (Å²) in [4.78, 5) is 4.27. The Balaban J connectivity index is 1.84. The van der Waals surface area contributed by atoms with Crippen LogP contribution >= 0.6 is 11.6 Å². The second-order valence-electron chi connectivity index (χ2n) is 5.13. The van der Waals surface area contributed by atoms with E-state index >= 15 is 0 Å². The molecule has 2 aromatic carbocycles. The summed E-state index contributed by atoms with van der Waals surface area (Å²) >= 11 is 5.85. The van der Waals surface area contributed by atoms with Gasteiger partial charge in [0.05, 0.1) is 11.6 Å². The maximum Gasteiger partial charge on any atom is 0.143 e. The van der Waals surface area contributed by atoms with Crippen LogP contribution in [0.3, 0.4) is 0 Å². The van der Waals surface area contributed by atoms with E-state index in [0.29, 0.717) is 17.3 Å². The number of rotatable bonds is 4. The number of halogens is 1. The monoisotopic (exact) mass is 323 g/mol. The van der Waals surface area contributed by atoms with Gasteiger partial charge in [-0.3, -0.25) is 0 Å². The first-order chi connectivity index (χ1) is 11.2. The molecule has 2 N–H and O–H groups in total. The van der Waals surface area contributed by atoms with Crippen LogP contribution < -0.4 is 5.32 Å². The molecule has 0 saturated heterocycles. The van der Waals surface area contributed by atoms with Gasteiger partial charge in [0.2, 0.25) is 0 Å². The summed E-state index contributed by atoms with van der Waals surface area (Å²) in [5.41, 5.74) is 2.64. The lowest BCUT2D eigenvalue weighted by molar-refractivity contribution is 0.191. The summed E-state index contributed by atoms with van der Waals surface area (Å²) < 4.78 is 0. The van der Waals surface area contributed by atoms with Crippen LogP contribution in [0.25, 0.3) is 10.9 Å². The number of fused-ring (bicyclic) bond motifs is 1. The Morgan fingerprint density at radius 3 is 2.65 bits per heavy atom. The number of para-hydroxylation sites is 1. The zero-order valence-corrected chi connectivity index (χ0v) is 13.0. The van der Waals surface area contributed by atoms with Crippen molar-refractivity contribution in [3.8, 4) is 6.07 Å². The van der Waals surface area contributed by atoms with Crippen molar-refractivity contribution in [3.63, 3.8) is 0 Å². The van der Waals surface area contributed by atoms with Crippen LogP contribution in [0, 0.1) is 11.3 Å². The van der Waals surface area contributed by atoms with Crippen LogP contribution in [-0.4, -0.2) is 16.6 Å². The number of pyridine rings is 1. The van der Waals surface area contributed by atoms with Gasteiger partial charge in [-0.1, -0.05) is 41.9 Å². The molecule has 114 valence electrons. The third-order valence-corrected chi connectivity index (χ3v) is 3.82. The Hall–Kier alpha value is -2.61. The molecule has 23 heavy (non-hydrogen) atoms. The van der Waals surface area contributed by atoms with Gasteiger partial charge in [-0.05, 0) is 29.8 Å². The fourth-order valence-electron chi connectivity index (χ4n) is 2.39. The van der Waals surface area contributed by atoms with E-state index in [1.165, 1.54) is 0 Å². The van der Waals surface area contributed by atoms with Gasteiger partial charge in [0.15, 0.2) is 0 Å². The molecule has 0 aliphatic carbocycles. The molecule has 0 bridgehead atoms. The van der Waals surface area contributed by atoms with Crippen LogP contribution in [0.1, 0.15) is 17.4 Å². The van der Waals surface area contributed by atoms with E-state index in [0.717, 1.165) is 22.2 Å². The van der Waals surface area contributed by atoms with Gasteiger partial charge in [-0.15, -0.1) is 0 Å². The van der Waals surface area contributed by atoms with E-state index in [4.69, 9.17) is 16.9 Å². The van der Waals surface area contributed by atoms with E-state index in [-0.39, 0.29) is 0 Å². The van der Waals surface area contributed by atoms with E-state index in [1.54, 1.807) is 30.3 Å². The predicted octanol–water partition coefficient (Wildman–Crippen LogP) is 3.91. The first-order valence-electron chi connectivity index (χ1n) is 7.14. The van der Waals surface area contributed by atoms with Crippen molar-refractivity contribution in [2.24, 2.45) is 0 Å². The zero-order chi connectivity index (χ0) is 16.2. The highest BCUT2D eigenvalue weighted by atomic mass is 35.5. The van der Waals surface area contributed by atoms with Crippen molar-refractivity contribution in [2.75, 3.05) is 11.9 Å². The molecule has 1 atom stereocenters. The van der Waals surface area contributed by atoms with Gasteiger partial charge in [-0.2, -0.15) is 5.26 Å². The van der Waals surface area contributed by atoms with Crippen molar-refractivity contribution < 1.29 is 5.11 Å². The van der Waals surface area contributed by atoms with Crippen LogP contribution in [0.4, 0.5) is 5.69 Å². The fraction of sp³-hybridized carbons (Fsp3) is 0.111. The lowest BCUT2D eigenvalue weighted by Gasteiger charge is -2.15. The lowest BCUT2D eigenvalue weighted by atomic mass is 10.1. The summed E-state index contributed by atoms with van der Waals surface area (Å²) in [5, 5.41) is 24.1. The summed E-state index contributed by atoms with van der Waals surface area (Å²) in [6.45, 7) is 0.320. The van der Waals surface area contributed by atoms with E-state index < -0.39 is 6.10 Å². The fourth-order valence-corrected chi connectivity index (χ4v) is 2.51. The first kappa shape index (κ1) is 15.3. The molecule has 0 amide bonds. The summed E-state index contributed by atoms with van der Waals surface area (Å²) in [5.74, 6) is 0. The molecular formula is C18H14ClN3O. The van der Waals surface area contributed by atoms with Gasteiger partial charge >= 0.3 is 0 Å². The molecule has 3 aromatic rings. The second kappa shape index (κ2) is 6.66. The van der Waals surface area contributed by atoms with Crippen LogP contribution in [0.15, 0.2) is 54.6 Å². The smallest absolute Gasteiger partial charge is 0.143 e. The molecule has 1 aromatic heterocycles. The molecule has 0 radical (unpaired) electrons. The third-order valence-electron chi connectivity index (χ3n) is 3.57. The highest BCUT2D eigenvalue weighted by molar-refractivity contribution is 6.30.